The largest absolute Gasteiger partial charge is 0.588 e. The highest BCUT2D eigenvalue weighted by atomic mass is 28.6. The van der Waals surface area contributed by atoms with E-state index in [0.717, 1.165) is 5.70 Å². The van der Waals surface area contributed by atoms with Crippen LogP contribution >= 0.6 is 0 Å². The number of hydrogen-bond acceptors (Lipinski definition) is 11. The molecule has 15 heteroatoms. The van der Waals surface area contributed by atoms with Crippen molar-refractivity contribution in [3.63, 3.8) is 0 Å². The van der Waals surface area contributed by atoms with Crippen molar-refractivity contribution in [3.8, 4) is 5.75 Å². The van der Waals surface area contributed by atoms with Gasteiger partial charge < -0.3 is 40.0 Å². The van der Waals surface area contributed by atoms with Crippen LogP contribution in [0.3, 0.4) is 0 Å². The lowest BCUT2D eigenvalue weighted by atomic mass is 10.3. The van der Waals surface area contributed by atoms with Crippen LogP contribution in [0, 0.1) is 0 Å². The highest BCUT2D eigenvalue weighted by molar-refractivity contribution is 6.93. The summed E-state index contributed by atoms with van der Waals surface area (Å²) >= 11 is 0. The number of aromatic nitrogens is 1. The molecule has 1 aromatic heterocycles. The molecule has 0 aliphatic carbocycles. The fourth-order valence-electron chi connectivity index (χ4n) is 4.17. The van der Waals surface area contributed by atoms with Gasteiger partial charge in [-0.3, -0.25) is 4.98 Å². The molecule has 3 N–H and O–H groups in total. The Morgan fingerprint density at radius 3 is 2.07 bits per heavy atom. The molecule has 2 aromatic carbocycles. The summed E-state index contributed by atoms with van der Waals surface area (Å²) in [7, 11) is -17.8. The molecule has 0 bridgehead atoms. The van der Waals surface area contributed by atoms with E-state index in [1.165, 1.54) is 6.92 Å². The van der Waals surface area contributed by atoms with E-state index >= 15 is 0 Å². The zero-order valence-electron chi connectivity index (χ0n) is 23.8. The van der Waals surface area contributed by atoms with E-state index in [4.69, 9.17) is 25.6 Å². The van der Waals surface area contributed by atoms with Gasteiger partial charge in [-0.1, -0.05) is 67.8 Å². The molecule has 0 amide bonds. The molecule has 43 heavy (non-hydrogen) atoms. The zero-order valence-corrected chi connectivity index (χ0v) is 27.8. The quantitative estimate of drug-likeness (QED) is 0.114. The van der Waals surface area contributed by atoms with E-state index in [2.05, 4.69) is 18.1 Å². The van der Waals surface area contributed by atoms with Crippen molar-refractivity contribution in [3.05, 3.63) is 115 Å². The van der Waals surface area contributed by atoms with Crippen molar-refractivity contribution in [2.75, 3.05) is 6.61 Å². The van der Waals surface area contributed by atoms with E-state index in [-0.39, 0.29) is 37.1 Å². The van der Waals surface area contributed by atoms with Crippen LogP contribution in [0.5, 0.6) is 5.75 Å². The first-order valence-corrected chi connectivity index (χ1v) is 21.1. The summed E-state index contributed by atoms with van der Waals surface area (Å²) in [5.41, 5.74) is 1.92. The Morgan fingerprint density at radius 1 is 0.884 bits per heavy atom. The van der Waals surface area contributed by atoms with Crippen LogP contribution in [-0.2, 0) is 32.4 Å². The van der Waals surface area contributed by atoms with Gasteiger partial charge in [0, 0.05) is 34.7 Å². The minimum Gasteiger partial charge on any atom is -0.498 e. The highest BCUT2D eigenvalue weighted by Crippen LogP contribution is 2.34. The van der Waals surface area contributed by atoms with Crippen molar-refractivity contribution < 1.29 is 44.8 Å². The lowest BCUT2D eigenvalue weighted by molar-refractivity contribution is -0.139. The molecular formula is C28H35NO10Si4. The van der Waals surface area contributed by atoms with E-state index in [1.54, 1.807) is 79.0 Å². The molecule has 4 rings (SSSR count). The number of carbonyl (C=O) groups is 1. The van der Waals surface area contributed by atoms with Crippen LogP contribution in [0.4, 0.5) is 0 Å². The smallest absolute Gasteiger partial charge is 0.498 e. The van der Waals surface area contributed by atoms with Gasteiger partial charge in [0.1, 0.15) is 5.75 Å². The fourth-order valence-corrected chi connectivity index (χ4v) is 19.3. The van der Waals surface area contributed by atoms with Crippen LogP contribution < -0.4 is 9.61 Å². The number of ether oxygens (including phenoxy) is 1. The van der Waals surface area contributed by atoms with Gasteiger partial charge >= 0.3 is 41.2 Å². The molecule has 4 atom stereocenters. The number of pyridine rings is 1. The molecular weight excluding hydrogens is 623 g/mol. The predicted octanol–water partition coefficient (Wildman–Crippen LogP) is 2.66. The van der Waals surface area contributed by atoms with E-state index in [0.29, 0.717) is 16.6 Å². The summed E-state index contributed by atoms with van der Waals surface area (Å²) in [5, 5.41) is 0.417. The minimum atomic E-state index is -4.50. The second-order valence-electron chi connectivity index (χ2n) is 9.85. The van der Waals surface area contributed by atoms with Crippen LogP contribution in [0.15, 0.2) is 109 Å². The molecule has 1 aliphatic heterocycles. The maximum Gasteiger partial charge on any atom is 0.588 e. The SMILES string of the molecule is C=C[Si]1(O)O[Si](O)(CCCOC(=O)C(=C)C)O[Si](Oc2ccccc2)(c2ccccc2)O[Si](O)(CCc2ccccn2)O1. The summed E-state index contributed by atoms with van der Waals surface area (Å²) in [6.45, 7) is 8.65. The monoisotopic (exact) mass is 657 g/mol. The molecule has 228 valence electrons. The van der Waals surface area contributed by atoms with Crippen LogP contribution in [0.25, 0.3) is 0 Å². The van der Waals surface area contributed by atoms with Crippen LogP contribution in [0.1, 0.15) is 19.0 Å². The number of aryl methyl sites for hydroxylation is 1. The average molecular weight is 658 g/mol. The Morgan fingerprint density at radius 2 is 1.49 bits per heavy atom. The number of esters is 1. The molecule has 0 spiro atoms. The maximum atomic E-state index is 12.0. The van der Waals surface area contributed by atoms with Gasteiger partial charge in [0.15, 0.2) is 0 Å². The molecule has 2 heterocycles. The Hall–Kier alpha value is -3.07. The van der Waals surface area contributed by atoms with Crippen molar-refractivity contribution in [1.82, 2.24) is 4.98 Å². The van der Waals surface area contributed by atoms with Gasteiger partial charge in [0.05, 0.1) is 6.61 Å². The van der Waals surface area contributed by atoms with Crippen molar-refractivity contribution in [2.24, 2.45) is 0 Å². The lowest BCUT2D eigenvalue weighted by Gasteiger charge is -2.45. The minimum absolute atomic E-state index is 0.0730. The third kappa shape index (κ3) is 8.97. The summed E-state index contributed by atoms with van der Waals surface area (Å²) in [4.78, 5) is 51.6. The van der Waals surface area contributed by atoms with Crippen molar-refractivity contribution >= 4 is 46.4 Å². The molecule has 0 saturated carbocycles. The van der Waals surface area contributed by atoms with Gasteiger partial charge in [0.25, 0.3) is 0 Å². The molecule has 1 saturated heterocycles. The van der Waals surface area contributed by atoms with Gasteiger partial charge in [-0.2, -0.15) is 0 Å². The number of rotatable bonds is 12. The number of hydrogen-bond donors (Lipinski definition) is 3. The van der Waals surface area contributed by atoms with Gasteiger partial charge in [0.2, 0.25) is 0 Å². The van der Waals surface area contributed by atoms with Gasteiger partial charge in [-0.15, -0.1) is 0 Å². The number of carbonyl (C=O) groups excluding carboxylic acids is 1. The van der Waals surface area contributed by atoms with E-state index in [1.807, 2.05) is 6.07 Å². The molecule has 11 nitrogen and oxygen atoms in total. The third-order valence-electron chi connectivity index (χ3n) is 6.22. The summed E-state index contributed by atoms with van der Waals surface area (Å²) in [5.74, 6) is -0.233. The summed E-state index contributed by atoms with van der Waals surface area (Å²) in [6.07, 6.45) is 1.98. The molecule has 0 radical (unpaired) electrons. The highest BCUT2D eigenvalue weighted by Gasteiger charge is 2.66. The lowest BCUT2D eigenvalue weighted by Crippen LogP contribution is -2.75. The van der Waals surface area contributed by atoms with Crippen molar-refractivity contribution in [2.45, 2.75) is 31.9 Å². The summed E-state index contributed by atoms with van der Waals surface area (Å²) < 4.78 is 36.5. The Bertz CT molecular complexity index is 1390. The Balaban J connectivity index is 1.76. The first-order valence-electron chi connectivity index (χ1n) is 13.6. The Kier molecular flexibility index (Phi) is 10.8. The number of nitrogens with zero attached hydrogens (tertiary/aromatic N) is 1. The maximum absolute atomic E-state index is 12.0. The first-order chi connectivity index (χ1) is 20.5. The number of benzene rings is 2. The topological polar surface area (TPSA) is 146 Å². The Labute approximate surface area is 255 Å². The van der Waals surface area contributed by atoms with Crippen LogP contribution in [0.2, 0.25) is 12.1 Å². The van der Waals surface area contributed by atoms with E-state index in [9.17, 15) is 19.2 Å². The fraction of sp³-hybridized carbons (Fsp3) is 0.214. The molecule has 4 unspecified atom stereocenters. The molecule has 1 aliphatic rings. The number of para-hydroxylation sites is 1. The van der Waals surface area contributed by atoms with E-state index < -0.39 is 41.2 Å². The standard InChI is InChI=1S/C28H35NO10Si4/c1-4-40(31)36-41(32,22-13-21-34-28(30)24(2)3)38-43(27-17-9-6-10-18-27,35-26-15-7-5-8-16-26)39-42(33,37-40)23-19-25-14-11-12-20-29-25/h4-12,14-18,20,31-33H,1-2,13,19,21-23H2,3H3. The predicted molar refractivity (Wildman–Crippen MR) is 165 cm³/mol. The second-order valence-corrected chi connectivity index (χ2v) is 20.5. The normalized spacial score (nSPS) is 27.3. The first kappa shape index (κ1) is 32.8. The zero-order chi connectivity index (χ0) is 31.0. The van der Waals surface area contributed by atoms with Gasteiger partial charge in [-0.05, 0) is 49.7 Å². The average Bonchev–Trinajstić information content (AvgIpc) is 2.99. The summed E-state index contributed by atoms with van der Waals surface area (Å²) in [6, 6.07) is 22.5. The molecule has 3 aromatic rings. The van der Waals surface area contributed by atoms with Gasteiger partial charge in [-0.25, -0.2) is 4.79 Å². The third-order valence-corrected chi connectivity index (χ3v) is 19.7. The second kappa shape index (κ2) is 14.1. The van der Waals surface area contributed by atoms with Crippen LogP contribution in [-0.4, -0.2) is 67.2 Å². The van der Waals surface area contributed by atoms with Crippen molar-refractivity contribution in [1.29, 1.82) is 0 Å². The molecule has 1 fully saturated rings.